The molecular formula is C11H23N. The fourth-order valence-electron chi connectivity index (χ4n) is 2.06. The van der Waals surface area contributed by atoms with E-state index in [1.807, 2.05) is 0 Å². The van der Waals surface area contributed by atoms with E-state index in [0.717, 1.165) is 12.0 Å². The zero-order valence-corrected chi connectivity index (χ0v) is 8.60. The van der Waals surface area contributed by atoms with E-state index in [0.29, 0.717) is 0 Å². The van der Waals surface area contributed by atoms with Crippen LogP contribution in [0.3, 0.4) is 0 Å². The molecule has 0 amide bonds. The minimum Gasteiger partial charge on any atom is -0.314 e. The molecule has 1 aliphatic rings. The SMILES string of the molecule is CCCCCC[C@H]1C[C@H](C)CN1. The molecule has 1 N–H and O–H groups in total. The van der Waals surface area contributed by atoms with E-state index in [2.05, 4.69) is 19.2 Å². The van der Waals surface area contributed by atoms with Crippen molar-refractivity contribution in [1.82, 2.24) is 5.32 Å². The van der Waals surface area contributed by atoms with Gasteiger partial charge in [0.2, 0.25) is 0 Å². The van der Waals surface area contributed by atoms with Crippen molar-refractivity contribution in [3.8, 4) is 0 Å². The Balaban J connectivity index is 1.93. The Morgan fingerprint density at radius 2 is 2.08 bits per heavy atom. The average Bonchev–Trinajstić information content (AvgIpc) is 2.45. The smallest absolute Gasteiger partial charge is 0.00701 e. The fourth-order valence-corrected chi connectivity index (χ4v) is 2.06. The van der Waals surface area contributed by atoms with Crippen LogP contribution in [0.1, 0.15) is 52.4 Å². The molecule has 0 saturated carbocycles. The van der Waals surface area contributed by atoms with Crippen molar-refractivity contribution in [2.24, 2.45) is 5.92 Å². The third-order valence-corrected chi connectivity index (χ3v) is 2.85. The minimum absolute atomic E-state index is 0.844. The molecule has 0 bridgehead atoms. The van der Waals surface area contributed by atoms with Crippen LogP contribution in [0.15, 0.2) is 0 Å². The zero-order valence-electron chi connectivity index (χ0n) is 8.60. The lowest BCUT2D eigenvalue weighted by Crippen LogP contribution is -2.20. The molecule has 1 fully saturated rings. The quantitative estimate of drug-likeness (QED) is 0.624. The summed E-state index contributed by atoms with van der Waals surface area (Å²) in [6, 6.07) is 0.844. The lowest BCUT2D eigenvalue weighted by atomic mass is 10.0. The Morgan fingerprint density at radius 3 is 2.67 bits per heavy atom. The van der Waals surface area contributed by atoms with Gasteiger partial charge in [-0.1, -0.05) is 39.5 Å². The van der Waals surface area contributed by atoms with Gasteiger partial charge in [0.15, 0.2) is 0 Å². The zero-order chi connectivity index (χ0) is 8.81. The summed E-state index contributed by atoms with van der Waals surface area (Å²) in [6.45, 7) is 5.87. The Kier molecular flexibility index (Phi) is 4.67. The van der Waals surface area contributed by atoms with Crippen molar-refractivity contribution in [1.29, 1.82) is 0 Å². The van der Waals surface area contributed by atoms with E-state index < -0.39 is 0 Å². The molecule has 2 atom stereocenters. The molecule has 72 valence electrons. The molecule has 0 spiro atoms. The lowest BCUT2D eigenvalue weighted by molar-refractivity contribution is 0.503. The summed E-state index contributed by atoms with van der Waals surface area (Å²) in [5, 5.41) is 3.58. The lowest BCUT2D eigenvalue weighted by Gasteiger charge is -2.08. The molecule has 0 aromatic rings. The van der Waals surface area contributed by atoms with Gasteiger partial charge < -0.3 is 5.32 Å². The predicted octanol–water partition coefficient (Wildman–Crippen LogP) is 2.95. The molecule has 1 heteroatoms. The number of nitrogens with one attached hydrogen (secondary N) is 1. The van der Waals surface area contributed by atoms with Gasteiger partial charge in [-0.05, 0) is 25.3 Å². The van der Waals surface area contributed by atoms with E-state index in [-0.39, 0.29) is 0 Å². The van der Waals surface area contributed by atoms with Gasteiger partial charge in [-0.2, -0.15) is 0 Å². The molecule has 0 unspecified atom stereocenters. The molecule has 1 aliphatic heterocycles. The van der Waals surface area contributed by atoms with E-state index in [1.165, 1.54) is 45.1 Å². The molecule has 12 heavy (non-hydrogen) atoms. The predicted molar refractivity (Wildman–Crippen MR) is 54.3 cm³/mol. The first-order chi connectivity index (χ1) is 5.83. The Morgan fingerprint density at radius 1 is 1.25 bits per heavy atom. The van der Waals surface area contributed by atoms with Gasteiger partial charge in [-0.25, -0.2) is 0 Å². The Bertz CT molecular complexity index is 112. The van der Waals surface area contributed by atoms with E-state index in [4.69, 9.17) is 0 Å². The molecule has 0 radical (unpaired) electrons. The van der Waals surface area contributed by atoms with Crippen molar-refractivity contribution in [2.45, 2.75) is 58.4 Å². The van der Waals surface area contributed by atoms with Crippen molar-refractivity contribution >= 4 is 0 Å². The monoisotopic (exact) mass is 169 g/mol. The highest BCUT2D eigenvalue weighted by Crippen LogP contribution is 2.17. The summed E-state index contributed by atoms with van der Waals surface area (Å²) in [5.41, 5.74) is 0. The normalized spacial score (nSPS) is 29.5. The summed E-state index contributed by atoms with van der Waals surface area (Å²) >= 11 is 0. The highest BCUT2D eigenvalue weighted by atomic mass is 14.9. The largest absolute Gasteiger partial charge is 0.314 e. The highest BCUT2D eigenvalue weighted by Gasteiger charge is 2.19. The van der Waals surface area contributed by atoms with Gasteiger partial charge in [-0.15, -0.1) is 0 Å². The molecule has 1 rings (SSSR count). The van der Waals surface area contributed by atoms with Crippen molar-refractivity contribution < 1.29 is 0 Å². The molecule has 0 aliphatic carbocycles. The van der Waals surface area contributed by atoms with Crippen LogP contribution in [0.4, 0.5) is 0 Å². The second-order valence-corrected chi connectivity index (χ2v) is 4.30. The number of hydrogen-bond acceptors (Lipinski definition) is 1. The summed E-state index contributed by atoms with van der Waals surface area (Å²) in [7, 11) is 0. The van der Waals surface area contributed by atoms with Gasteiger partial charge in [0.1, 0.15) is 0 Å². The molecule has 1 nitrogen and oxygen atoms in total. The van der Waals surface area contributed by atoms with E-state index in [1.54, 1.807) is 0 Å². The maximum Gasteiger partial charge on any atom is 0.00701 e. The Hall–Kier alpha value is -0.0400. The highest BCUT2D eigenvalue weighted by molar-refractivity contribution is 4.78. The summed E-state index contributed by atoms with van der Waals surface area (Å²) in [6.07, 6.45) is 8.45. The third-order valence-electron chi connectivity index (χ3n) is 2.85. The maximum absolute atomic E-state index is 3.58. The van der Waals surface area contributed by atoms with Gasteiger partial charge >= 0.3 is 0 Å². The summed E-state index contributed by atoms with van der Waals surface area (Å²) < 4.78 is 0. The van der Waals surface area contributed by atoms with E-state index in [9.17, 15) is 0 Å². The second kappa shape index (κ2) is 5.58. The fraction of sp³-hybridized carbons (Fsp3) is 1.00. The van der Waals surface area contributed by atoms with Crippen molar-refractivity contribution in [3.63, 3.8) is 0 Å². The molecule has 0 aromatic carbocycles. The first-order valence-corrected chi connectivity index (χ1v) is 5.56. The average molecular weight is 169 g/mol. The minimum atomic E-state index is 0.844. The number of unbranched alkanes of at least 4 members (excludes halogenated alkanes) is 3. The molecule has 1 heterocycles. The molecule has 1 saturated heterocycles. The first kappa shape index (κ1) is 10.0. The topological polar surface area (TPSA) is 12.0 Å². The molecular weight excluding hydrogens is 146 g/mol. The summed E-state index contributed by atoms with van der Waals surface area (Å²) in [5.74, 6) is 0.918. The number of hydrogen-bond donors (Lipinski definition) is 1. The number of rotatable bonds is 5. The summed E-state index contributed by atoms with van der Waals surface area (Å²) in [4.78, 5) is 0. The van der Waals surface area contributed by atoms with Crippen molar-refractivity contribution in [3.05, 3.63) is 0 Å². The van der Waals surface area contributed by atoms with Crippen LogP contribution in [0.2, 0.25) is 0 Å². The molecule has 0 aromatic heterocycles. The van der Waals surface area contributed by atoms with Crippen LogP contribution in [0, 0.1) is 5.92 Å². The standard InChI is InChI=1S/C11H23N/c1-3-4-5-6-7-11-8-10(2)9-12-11/h10-12H,3-9H2,1-2H3/t10-,11-/m0/s1. The van der Waals surface area contributed by atoms with Gasteiger partial charge in [-0.3, -0.25) is 0 Å². The van der Waals surface area contributed by atoms with Gasteiger partial charge in [0.05, 0.1) is 0 Å². The van der Waals surface area contributed by atoms with Gasteiger partial charge in [0, 0.05) is 6.04 Å². The van der Waals surface area contributed by atoms with E-state index >= 15 is 0 Å². The Labute approximate surface area is 76.9 Å². The third kappa shape index (κ3) is 3.57. The van der Waals surface area contributed by atoms with Crippen molar-refractivity contribution in [2.75, 3.05) is 6.54 Å². The van der Waals surface area contributed by atoms with Crippen LogP contribution >= 0.6 is 0 Å². The maximum atomic E-state index is 3.58. The van der Waals surface area contributed by atoms with Crippen LogP contribution in [-0.2, 0) is 0 Å². The van der Waals surface area contributed by atoms with Crippen LogP contribution < -0.4 is 5.32 Å². The second-order valence-electron chi connectivity index (χ2n) is 4.30. The van der Waals surface area contributed by atoms with Crippen LogP contribution in [-0.4, -0.2) is 12.6 Å². The van der Waals surface area contributed by atoms with Crippen LogP contribution in [0.25, 0.3) is 0 Å². The van der Waals surface area contributed by atoms with Gasteiger partial charge in [0.25, 0.3) is 0 Å². The van der Waals surface area contributed by atoms with Crippen LogP contribution in [0.5, 0.6) is 0 Å². The first-order valence-electron chi connectivity index (χ1n) is 5.56.